The zero-order valence-electron chi connectivity index (χ0n) is 14.3. The van der Waals surface area contributed by atoms with E-state index in [0.717, 1.165) is 11.6 Å². The number of ketones is 1. The van der Waals surface area contributed by atoms with Gasteiger partial charge >= 0.3 is 0 Å². The van der Waals surface area contributed by atoms with Crippen LogP contribution in [0.5, 0.6) is 0 Å². The SMILES string of the molecule is O=C1CC(c2cccc(F)c2F)C2=C(CC(c3ccccc3Cl)CC2=O)N1. The number of carbonyl (C=O) groups is 2. The molecule has 27 heavy (non-hydrogen) atoms. The third kappa shape index (κ3) is 3.16. The molecule has 2 unspecified atom stereocenters. The van der Waals surface area contributed by atoms with E-state index >= 15 is 0 Å². The highest BCUT2D eigenvalue weighted by atomic mass is 35.5. The minimum Gasteiger partial charge on any atom is -0.329 e. The average Bonchev–Trinajstić information content (AvgIpc) is 2.63. The molecule has 0 spiro atoms. The fourth-order valence-electron chi connectivity index (χ4n) is 4.04. The summed E-state index contributed by atoms with van der Waals surface area (Å²) in [6.07, 6.45) is 0.553. The van der Waals surface area contributed by atoms with Crippen LogP contribution in [0.1, 0.15) is 42.2 Å². The van der Waals surface area contributed by atoms with E-state index in [1.165, 1.54) is 12.1 Å². The van der Waals surface area contributed by atoms with Gasteiger partial charge in [0.15, 0.2) is 17.4 Å². The number of carbonyl (C=O) groups excluding carboxylic acids is 2. The Balaban J connectivity index is 1.77. The monoisotopic (exact) mass is 387 g/mol. The van der Waals surface area contributed by atoms with Gasteiger partial charge < -0.3 is 5.32 Å². The van der Waals surface area contributed by atoms with Crippen molar-refractivity contribution in [2.24, 2.45) is 0 Å². The second-order valence-electron chi connectivity index (χ2n) is 6.89. The summed E-state index contributed by atoms with van der Waals surface area (Å²) in [6.45, 7) is 0. The number of allylic oxidation sites excluding steroid dienone is 2. The molecular formula is C21H16ClF2NO2. The van der Waals surface area contributed by atoms with Gasteiger partial charge in [-0.25, -0.2) is 8.78 Å². The van der Waals surface area contributed by atoms with Crippen molar-refractivity contribution >= 4 is 23.3 Å². The third-order valence-electron chi connectivity index (χ3n) is 5.24. The molecule has 3 nitrogen and oxygen atoms in total. The number of benzene rings is 2. The van der Waals surface area contributed by atoms with Gasteiger partial charge in [-0.2, -0.15) is 0 Å². The second kappa shape index (κ2) is 6.89. The average molecular weight is 388 g/mol. The van der Waals surface area contributed by atoms with E-state index in [0.29, 0.717) is 22.7 Å². The first kappa shape index (κ1) is 17.9. The first-order valence-electron chi connectivity index (χ1n) is 8.70. The highest BCUT2D eigenvalue weighted by Crippen LogP contribution is 2.44. The third-order valence-corrected chi connectivity index (χ3v) is 5.58. The van der Waals surface area contributed by atoms with Crippen molar-refractivity contribution in [3.05, 3.63) is 81.5 Å². The van der Waals surface area contributed by atoms with Gasteiger partial charge in [-0.3, -0.25) is 9.59 Å². The van der Waals surface area contributed by atoms with Crippen molar-refractivity contribution in [3.63, 3.8) is 0 Å². The topological polar surface area (TPSA) is 46.2 Å². The first-order chi connectivity index (χ1) is 13.0. The van der Waals surface area contributed by atoms with Crippen LogP contribution in [0.25, 0.3) is 0 Å². The van der Waals surface area contributed by atoms with Crippen LogP contribution in [0.2, 0.25) is 5.02 Å². The molecule has 4 rings (SSSR count). The largest absolute Gasteiger partial charge is 0.329 e. The molecule has 2 aromatic rings. The van der Waals surface area contributed by atoms with Gasteiger partial charge in [-0.05, 0) is 35.6 Å². The van der Waals surface area contributed by atoms with E-state index in [9.17, 15) is 18.4 Å². The lowest BCUT2D eigenvalue weighted by Gasteiger charge is -2.34. The van der Waals surface area contributed by atoms with Crippen molar-refractivity contribution in [2.45, 2.75) is 31.1 Å². The smallest absolute Gasteiger partial charge is 0.225 e. The molecule has 0 aromatic heterocycles. The standard InChI is InChI=1S/C21H16ClF2NO2/c22-15-6-2-1-4-12(15)11-8-17-20(18(26)9-11)14(10-19(27)25-17)13-5-3-7-16(23)21(13)24/h1-7,11,14H,8-10H2,(H,25,27). The van der Waals surface area contributed by atoms with Gasteiger partial charge in [0.05, 0.1) is 0 Å². The molecule has 1 aliphatic heterocycles. The Kier molecular flexibility index (Phi) is 4.56. The fourth-order valence-corrected chi connectivity index (χ4v) is 4.33. The lowest BCUT2D eigenvalue weighted by atomic mass is 9.73. The van der Waals surface area contributed by atoms with Gasteiger partial charge in [0.25, 0.3) is 0 Å². The van der Waals surface area contributed by atoms with Crippen molar-refractivity contribution in [2.75, 3.05) is 0 Å². The van der Waals surface area contributed by atoms with E-state index in [4.69, 9.17) is 11.6 Å². The molecule has 0 bridgehead atoms. The molecular weight excluding hydrogens is 372 g/mol. The molecule has 1 amide bonds. The van der Waals surface area contributed by atoms with Gasteiger partial charge in [0.2, 0.25) is 5.91 Å². The molecule has 2 aliphatic rings. The molecule has 6 heteroatoms. The van der Waals surface area contributed by atoms with Gasteiger partial charge in [-0.15, -0.1) is 0 Å². The maximum atomic E-state index is 14.3. The van der Waals surface area contributed by atoms with Crippen LogP contribution in [0.4, 0.5) is 8.78 Å². The Morgan fingerprint density at radius 3 is 2.44 bits per heavy atom. The van der Waals surface area contributed by atoms with Crippen molar-refractivity contribution in [3.8, 4) is 0 Å². The van der Waals surface area contributed by atoms with E-state index in [1.807, 2.05) is 18.2 Å². The molecule has 2 aromatic carbocycles. The number of halogens is 3. The van der Waals surface area contributed by atoms with Gasteiger partial charge in [-0.1, -0.05) is 41.9 Å². The number of amides is 1. The van der Waals surface area contributed by atoms with Crippen LogP contribution < -0.4 is 5.32 Å². The summed E-state index contributed by atoms with van der Waals surface area (Å²) in [5.74, 6) is -3.42. The van der Waals surface area contributed by atoms with Crippen LogP contribution >= 0.6 is 11.6 Å². The van der Waals surface area contributed by atoms with Crippen LogP contribution in [0, 0.1) is 11.6 Å². The number of nitrogens with one attached hydrogen (secondary N) is 1. The van der Waals surface area contributed by atoms with E-state index in [1.54, 1.807) is 6.07 Å². The van der Waals surface area contributed by atoms with E-state index < -0.39 is 17.6 Å². The molecule has 0 fully saturated rings. The normalized spacial score (nSPS) is 22.5. The molecule has 1 heterocycles. The highest BCUT2D eigenvalue weighted by molar-refractivity contribution is 6.31. The first-order valence-corrected chi connectivity index (χ1v) is 9.08. The van der Waals surface area contributed by atoms with E-state index in [-0.39, 0.29) is 36.0 Å². The number of rotatable bonds is 2. The van der Waals surface area contributed by atoms with Gasteiger partial charge in [0.1, 0.15) is 0 Å². The summed E-state index contributed by atoms with van der Waals surface area (Å²) in [5, 5.41) is 3.33. The maximum Gasteiger partial charge on any atom is 0.225 e. The predicted octanol–water partition coefficient (Wildman–Crippen LogP) is 4.62. The summed E-state index contributed by atoms with van der Waals surface area (Å²) >= 11 is 6.27. The van der Waals surface area contributed by atoms with Crippen LogP contribution in [-0.4, -0.2) is 11.7 Å². The zero-order valence-corrected chi connectivity index (χ0v) is 15.0. The fraction of sp³-hybridized carbons (Fsp3) is 0.238. The Bertz CT molecular complexity index is 986. The summed E-state index contributed by atoms with van der Waals surface area (Å²) in [7, 11) is 0. The quantitative estimate of drug-likeness (QED) is 0.817. The Labute approximate surface area is 160 Å². The van der Waals surface area contributed by atoms with Crippen molar-refractivity contribution in [1.29, 1.82) is 0 Å². The molecule has 1 N–H and O–H groups in total. The Morgan fingerprint density at radius 1 is 0.926 bits per heavy atom. The van der Waals surface area contributed by atoms with Gasteiger partial charge in [0, 0.05) is 35.1 Å². The lowest BCUT2D eigenvalue weighted by Crippen LogP contribution is -2.38. The summed E-state index contributed by atoms with van der Waals surface area (Å²) < 4.78 is 28.0. The number of Topliss-reactive ketones (excluding diaryl/α,β-unsaturated/α-hetero) is 1. The Hall–Kier alpha value is -2.53. The maximum absolute atomic E-state index is 14.3. The minimum atomic E-state index is -1.01. The molecule has 138 valence electrons. The zero-order chi connectivity index (χ0) is 19.1. The summed E-state index contributed by atoms with van der Waals surface area (Å²) in [5.41, 5.74) is 1.75. The minimum absolute atomic E-state index is 0.0434. The predicted molar refractivity (Wildman–Crippen MR) is 97.3 cm³/mol. The molecule has 0 saturated carbocycles. The molecule has 0 radical (unpaired) electrons. The van der Waals surface area contributed by atoms with Crippen LogP contribution in [0.3, 0.4) is 0 Å². The molecule has 1 aliphatic carbocycles. The molecule has 0 saturated heterocycles. The van der Waals surface area contributed by atoms with Crippen molar-refractivity contribution in [1.82, 2.24) is 5.32 Å². The van der Waals surface area contributed by atoms with Crippen molar-refractivity contribution < 1.29 is 18.4 Å². The second-order valence-corrected chi connectivity index (χ2v) is 7.30. The lowest BCUT2D eigenvalue weighted by molar-refractivity contribution is -0.122. The summed E-state index contributed by atoms with van der Waals surface area (Å²) in [6, 6.07) is 11.1. The van der Waals surface area contributed by atoms with Crippen LogP contribution in [-0.2, 0) is 9.59 Å². The molecule has 2 atom stereocenters. The number of hydrogen-bond donors (Lipinski definition) is 1. The number of hydrogen-bond acceptors (Lipinski definition) is 2. The van der Waals surface area contributed by atoms with Crippen LogP contribution in [0.15, 0.2) is 53.7 Å². The summed E-state index contributed by atoms with van der Waals surface area (Å²) in [4.78, 5) is 25.2. The van der Waals surface area contributed by atoms with E-state index in [2.05, 4.69) is 5.32 Å². The highest BCUT2D eigenvalue weighted by Gasteiger charge is 2.39. The Morgan fingerprint density at radius 2 is 1.67 bits per heavy atom.